The largest absolute Gasteiger partial charge is 0.358 e. The quantitative estimate of drug-likeness (QED) is 0.510. The SMILES string of the molecule is Cc1[nH]c2ccccc2c1-c1ccc2ccccc2c1C=O. The minimum Gasteiger partial charge on any atom is -0.358 e. The van der Waals surface area contributed by atoms with Crippen molar-refractivity contribution in [3.05, 3.63) is 71.9 Å². The number of hydrogen-bond donors (Lipinski definition) is 1. The molecule has 0 aliphatic rings. The maximum absolute atomic E-state index is 11.8. The molecule has 0 saturated heterocycles. The fourth-order valence-corrected chi connectivity index (χ4v) is 3.26. The number of carbonyl (C=O) groups excluding carboxylic acids is 1. The van der Waals surface area contributed by atoms with Crippen molar-refractivity contribution in [3.8, 4) is 11.1 Å². The Kier molecular flexibility index (Phi) is 2.83. The van der Waals surface area contributed by atoms with Gasteiger partial charge in [0, 0.05) is 27.7 Å². The number of benzene rings is 3. The van der Waals surface area contributed by atoms with Gasteiger partial charge in [-0.25, -0.2) is 0 Å². The van der Waals surface area contributed by atoms with Gasteiger partial charge in [-0.2, -0.15) is 0 Å². The molecule has 0 saturated carbocycles. The zero-order chi connectivity index (χ0) is 15.1. The number of rotatable bonds is 2. The molecule has 0 atom stereocenters. The molecule has 4 rings (SSSR count). The topological polar surface area (TPSA) is 32.9 Å². The molecule has 22 heavy (non-hydrogen) atoms. The highest BCUT2D eigenvalue weighted by Crippen LogP contribution is 2.36. The number of fused-ring (bicyclic) bond motifs is 2. The average molecular weight is 285 g/mol. The fraction of sp³-hybridized carbons (Fsp3) is 0.0500. The van der Waals surface area contributed by atoms with E-state index in [0.29, 0.717) is 0 Å². The second-order valence-electron chi connectivity index (χ2n) is 5.54. The van der Waals surface area contributed by atoms with Gasteiger partial charge in [-0.1, -0.05) is 54.6 Å². The summed E-state index contributed by atoms with van der Waals surface area (Å²) in [5.41, 5.74) is 5.04. The maximum Gasteiger partial charge on any atom is 0.151 e. The molecule has 0 fully saturated rings. The average Bonchev–Trinajstić information content (AvgIpc) is 2.89. The van der Waals surface area contributed by atoms with Crippen LogP contribution in [0.3, 0.4) is 0 Å². The molecular weight excluding hydrogens is 270 g/mol. The van der Waals surface area contributed by atoms with Crippen LogP contribution in [0, 0.1) is 6.92 Å². The van der Waals surface area contributed by atoms with Gasteiger partial charge in [0.25, 0.3) is 0 Å². The Bertz CT molecular complexity index is 1010. The minimum atomic E-state index is 0.756. The number of aromatic amines is 1. The first-order valence-electron chi connectivity index (χ1n) is 7.34. The molecule has 0 unspecified atom stereocenters. The normalized spacial score (nSPS) is 11.1. The van der Waals surface area contributed by atoms with Gasteiger partial charge in [0.15, 0.2) is 6.29 Å². The predicted molar refractivity (Wildman–Crippen MR) is 91.4 cm³/mol. The number of carbonyl (C=O) groups is 1. The van der Waals surface area contributed by atoms with Gasteiger partial charge in [0.2, 0.25) is 0 Å². The van der Waals surface area contributed by atoms with E-state index >= 15 is 0 Å². The van der Waals surface area contributed by atoms with E-state index < -0.39 is 0 Å². The summed E-state index contributed by atoms with van der Waals surface area (Å²) in [7, 11) is 0. The molecule has 0 aliphatic heterocycles. The molecule has 1 aromatic heterocycles. The van der Waals surface area contributed by atoms with Crippen molar-refractivity contribution in [2.45, 2.75) is 6.92 Å². The molecule has 3 aromatic carbocycles. The summed E-state index contributed by atoms with van der Waals surface area (Å²) in [6, 6.07) is 20.3. The van der Waals surface area contributed by atoms with E-state index in [1.54, 1.807) is 0 Å². The Morgan fingerprint density at radius 3 is 2.41 bits per heavy atom. The third kappa shape index (κ3) is 1.77. The van der Waals surface area contributed by atoms with Gasteiger partial charge >= 0.3 is 0 Å². The first kappa shape index (κ1) is 12.8. The molecule has 106 valence electrons. The first-order valence-corrected chi connectivity index (χ1v) is 7.34. The molecule has 0 amide bonds. The van der Waals surface area contributed by atoms with Crippen LogP contribution in [0.5, 0.6) is 0 Å². The van der Waals surface area contributed by atoms with Crippen molar-refractivity contribution in [2.24, 2.45) is 0 Å². The van der Waals surface area contributed by atoms with Crippen LogP contribution in [0.2, 0.25) is 0 Å². The number of aromatic nitrogens is 1. The molecule has 0 spiro atoms. The minimum absolute atomic E-state index is 0.756. The number of H-pyrrole nitrogens is 1. The van der Waals surface area contributed by atoms with E-state index in [1.165, 1.54) is 0 Å². The molecule has 4 aromatic rings. The molecule has 2 nitrogen and oxygen atoms in total. The van der Waals surface area contributed by atoms with Crippen molar-refractivity contribution in [1.82, 2.24) is 4.98 Å². The van der Waals surface area contributed by atoms with E-state index in [9.17, 15) is 4.79 Å². The van der Waals surface area contributed by atoms with Crippen molar-refractivity contribution in [2.75, 3.05) is 0 Å². The summed E-state index contributed by atoms with van der Waals surface area (Å²) >= 11 is 0. The number of para-hydroxylation sites is 1. The standard InChI is InChI=1S/C20H15NO/c1-13-20(17-8-4-5-9-19(17)21-13)16-11-10-14-6-2-3-7-15(14)18(16)12-22/h2-12,21H,1H3. The zero-order valence-corrected chi connectivity index (χ0v) is 12.3. The van der Waals surface area contributed by atoms with Gasteiger partial charge in [0.1, 0.15) is 0 Å². The van der Waals surface area contributed by atoms with E-state index in [1.807, 2.05) is 36.4 Å². The van der Waals surface area contributed by atoms with E-state index in [2.05, 4.69) is 36.2 Å². The summed E-state index contributed by atoms with van der Waals surface area (Å²) in [6.07, 6.45) is 0.971. The summed E-state index contributed by atoms with van der Waals surface area (Å²) in [5.74, 6) is 0. The zero-order valence-electron chi connectivity index (χ0n) is 12.3. The van der Waals surface area contributed by atoms with Crippen LogP contribution in [-0.4, -0.2) is 11.3 Å². The lowest BCUT2D eigenvalue weighted by molar-refractivity contribution is 0.112. The highest BCUT2D eigenvalue weighted by atomic mass is 16.1. The number of aldehydes is 1. The van der Waals surface area contributed by atoms with Crippen molar-refractivity contribution < 1.29 is 4.79 Å². The second kappa shape index (κ2) is 4.85. The highest BCUT2D eigenvalue weighted by molar-refractivity contribution is 6.09. The molecule has 1 N–H and O–H groups in total. The Morgan fingerprint density at radius 1 is 0.864 bits per heavy atom. The smallest absolute Gasteiger partial charge is 0.151 e. The molecule has 1 heterocycles. The van der Waals surface area contributed by atoms with Gasteiger partial charge in [0.05, 0.1) is 0 Å². The Balaban J connectivity index is 2.13. The van der Waals surface area contributed by atoms with Gasteiger partial charge < -0.3 is 4.98 Å². The van der Waals surface area contributed by atoms with Gasteiger partial charge in [-0.15, -0.1) is 0 Å². The Hall–Kier alpha value is -2.87. The van der Waals surface area contributed by atoms with Crippen LogP contribution in [-0.2, 0) is 0 Å². The van der Waals surface area contributed by atoms with Crippen LogP contribution in [0.4, 0.5) is 0 Å². The third-order valence-electron chi connectivity index (χ3n) is 4.25. The molecule has 0 radical (unpaired) electrons. The monoisotopic (exact) mass is 285 g/mol. The highest BCUT2D eigenvalue weighted by Gasteiger charge is 2.15. The van der Waals surface area contributed by atoms with E-state index in [0.717, 1.165) is 50.3 Å². The molecular formula is C20H15NO. The summed E-state index contributed by atoms with van der Waals surface area (Å²) < 4.78 is 0. The van der Waals surface area contributed by atoms with Crippen LogP contribution in [0.15, 0.2) is 60.7 Å². The van der Waals surface area contributed by atoms with Crippen LogP contribution >= 0.6 is 0 Å². The molecule has 0 aliphatic carbocycles. The second-order valence-corrected chi connectivity index (χ2v) is 5.54. The van der Waals surface area contributed by atoms with E-state index in [-0.39, 0.29) is 0 Å². The lowest BCUT2D eigenvalue weighted by Crippen LogP contribution is -1.91. The van der Waals surface area contributed by atoms with Crippen LogP contribution in [0.1, 0.15) is 16.1 Å². The maximum atomic E-state index is 11.8. The number of aryl methyl sites for hydroxylation is 1. The molecule has 0 bridgehead atoms. The van der Waals surface area contributed by atoms with Gasteiger partial charge in [-0.05, 0) is 29.3 Å². The first-order chi connectivity index (χ1) is 10.8. The lowest BCUT2D eigenvalue weighted by Gasteiger charge is -2.09. The Morgan fingerprint density at radius 2 is 1.59 bits per heavy atom. The van der Waals surface area contributed by atoms with E-state index in [4.69, 9.17) is 0 Å². The predicted octanol–water partition coefficient (Wildman–Crippen LogP) is 5.11. The fourth-order valence-electron chi connectivity index (χ4n) is 3.26. The van der Waals surface area contributed by atoms with Gasteiger partial charge in [-0.3, -0.25) is 4.79 Å². The summed E-state index contributed by atoms with van der Waals surface area (Å²) in [5, 5.41) is 3.24. The number of hydrogen-bond acceptors (Lipinski definition) is 1. The molecule has 2 heteroatoms. The summed E-state index contributed by atoms with van der Waals surface area (Å²) in [6.45, 7) is 2.05. The third-order valence-corrected chi connectivity index (χ3v) is 4.25. The van der Waals surface area contributed by atoms with Crippen LogP contribution in [0.25, 0.3) is 32.8 Å². The number of nitrogens with one attached hydrogen (secondary N) is 1. The van der Waals surface area contributed by atoms with Crippen molar-refractivity contribution in [3.63, 3.8) is 0 Å². The lowest BCUT2D eigenvalue weighted by atomic mass is 9.93. The van der Waals surface area contributed by atoms with Crippen LogP contribution < -0.4 is 0 Å². The Labute approximate surface area is 128 Å². The van der Waals surface area contributed by atoms with Crippen molar-refractivity contribution in [1.29, 1.82) is 0 Å². The summed E-state index contributed by atoms with van der Waals surface area (Å²) in [4.78, 5) is 15.2. The van der Waals surface area contributed by atoms with Crippen molar-refractivity contribution >= 4 is 28.0 Å².